The number of oxazole rings is 1. The molecule has 2 fully saturated rings. The van der Waals surface area contributed by atoms with Crippen molar-refractivity contribution in [1.29, 1.82) is 0 Å². The lowest BCUT2D eigenvalue weighted by Gasteiger charge is -2.41. The molecule has 2 amide bonds. The maximum Gasteiger partial charge on any atom is 0.298 e. The van der Waals surface area contributed by atoms with Crippen LogP contribution in [0.5, 0.6) is 0 Å². The van der Waals surface area contributed by atoms with Crippen molar-refractivity contribution in [2.24, 2.45) is 11.7 Å². The third kappa shape index (κ3) is 4.70. The first-order chi connectivity index (χ1) is 14.1. The summed E-state index contributed by atoms with van der Waals surface area (Å²) in [7, 11) is 0. The summed E-state index contributed by atoms with van der Waals surface area (Å²) in [6.07, 6.45) is 4.19. The molecule has 0 spiro atoms. The molecule has 0 bridgehead atoms. The van der Waals surface area contributed by atoms with Gasteiger partial charge in [0, 0.05) is 38.6 Å². The van der Waals surface area contributed by atoms with Crippen molar-refractivity contribution < 1.29 is 14.0 Å². The Kier molecular flexibility index (Phi) is 5.99. The first kappa shape index (κ1) is 19.7. The monoisotopic (exact) mass is 399 g/mol. The summed E-state index contributed by atoms with van der Waals surface area (Å²) < 4.78 is 5.91. The second kappa shape index (κ2) is 8.82. The maximum atomic E-state index is 12.4. The van der Waals surface area contributed by atoms with E-state index in [2.05, 4.69) is 20.1 Å². The van der Waals surface area contributed by atoms with Gasteiger partial charge < -0.3 is 20.4 Å². The minimum Gasteiger partial charge on any atom is -0.423 e. The molecule has 2 saturated heterocycles. The smallest absolute Gasteiger partial charge is 0.298 e. The fourth-order valence-electron chi connectivity index (χ4n) is 4.42. The van der Waals surface area contributed by atoms with Crippen molar-refractivity contribution in [2.75, 3.05) is 37.6 Å². The number of nitrogens with one attached hydrogen (secondary N) is 1. The van der Waals surface area contributed by atoms with Gasteiger partial charge in [0.1, 0.15) is 5.52 Å². The molecule has 8 nitrogen and oxygen atoms in total. The van der Waals surface area contributed by atoms with Gasteiger partial charge in [-0.25, -0.2) is 0 Å². The number of likely N-dealkylation sites (tertiary alicyclic amines) is 1. The fraction of sp³-hybridized carbons (Fsp3) is 0.571. The lowest BCUT2D eigenvalue weighted by atomic mass is 9.93. The highest BCUT2D eigenvalue weighted by molar-refractivity contribution is 5.80. The molecule has 8 heteroatoms. The second-order valence-corrected chi connectivity index (χ2v) is 8.02. The molecular formula is C21H29N5O3. The van der Waals surface area contributed by atoms with E-state index in [9.17, 15) is 9.59 Å². The highest BCUT2D eigenvalue weighted by Crippen LogP contribution is 2.28. The van der Waals surface area contributed by atoms with E-state index in [1.165, 1.54) is 0 Å². The number of carbonyl (C=O) groups is 2. The summed E-state index contributed by atoms with van der Waals surface area (Å²) in [5.41, 5.74) is 6.86. The average Bonchev–Trinajstić information content (AvgIpc) is 3.18. The van der Waals surface area contributed by atoms with Crippen LogP contribution in [0.4, 0.5) is 6.01 Å². The Morgan fingerprint density at radius 1 is 1.17 bits per heavy atom. The molecule has 1 aromatic heterocycles. The standard InChI is InChI=1S/C21H29N5O3/c22-19(27)7-10-23-20(28)15-4-3-11-26(14-15)16-8-12-25(13-9-16)21-24-17-5-1-2-6-18(17)29-21/h1-2,5-6,15-16H,3-4,7-14H2,(H2,22,27)(H,23,28). The van der Waals surface area contributed by atoms with Crippen molar-refractivity contribution in [2.45, 2.75) is 38.1 Å². The number of primary amides is 1. The van der Waals surface area contributed by atoms with Gasteiger partial charge in [-0.2, -0.15) is 4.98 Å². The highest BCUT2D eigenvalue weighted by atomic mass is 16.4. The molecule has 0 aliphatic carbocycles. The summed E-state index contributed by atoms with van der Waals surface area (Å²) >= 11 is 0. The van der Waals surface area contributed by atoms with Crippen LogP contribution in [0.1, 0.15) is 32.1 Å². The predicted octanol–water partition coefficient (Wildman–Crippen LogP) is 1.50. The Balaban J connectivity index is 1.28. The number of aromatic nitrogens is 1. The quantitative estimate of drug-likeness (QED) is 0.763. The number of carbonyl (C=O) groups excluding carboxylic acids is 2. The van der Waals surface area contributed by atoms with Gasteiger partial charge in [0.05, 0.1) is 5.92 Å². The van der Waals surface area contributed by atoms with E-state index in [1.54, 1.807) is 0 Å². The van der Waals surface area contributed by atoms with E-state index in [1.807, 2.05) is 24.3 Å². The number of rotatable bonds is 6. The summed E-state index contributed by atoms with van der Waals surface area (Å²) in [5.74, 6) is -0.354. The van der Waals surface area contributed by atoms with Gasteiger partial charge >= 0.3 is 0 Å². The van der Waals surface area contributed by atoms with Crippen molar-refractivity contribution in [3.05, 3.63) is 24.3 Å². The number of hydrogen-bond acceptors (Lipinski definition) is 6. The van der Waals surface area contributed by atoms with Crippen LogP contribution in [0.2, 0.25) is 0 Å². The lowest BCUT2D eigenvalue weighted by molar-refractivity contribution is -0.127. The van der Waals surface area contributed by atoms with Gasteiger partial charge in [-0.3, -0.25) is 14.5 Å². The molecule has 3 N–H and O–H groups in total. The minimum atomic E-state index is -0.388. The number of piperidine rings is 2. The normalized spacial score (nSPS) is 21.4. The molecular weight excluding hydrogens is 370 g/mol. The van der Waals surface area contributed by atoms with E-state index in [0.717, 1.165) is 63.0 Å². The Hall–Kier alpha value is -2.61. The van der Waals surface area contributed by atoms with Crippen LogP contribution in [-0.2, 0) is 9.59 Å². The molecule has 2 aliphatic heterocycles. The van der Waals surface area contributed by atoms with E-state index in [4.69, 9.17) is 10.2 Å². The van der Waals surface area contributed by atoms with Crippen molar-refractivity contribution in [1.82, 2.24) is 15.2 Å². The lowest BCUT2D eigenvalue weighted by Crippen LogP contribution is -2.51. The topological polar surface area (TPSA) is 105 Å². The largest absolute Gasteiger partial charge is 0.423 e. The summed E-state index contributed by atoms with van der Waals surface area (Å²) in [5, 5.41) is 2.85. The Labute approximate surface area is 170 Å². The van der Waals surface area contributed by atoms with Crippen molar-refractivity contribution >= 4 is 28.9 Å². The highest BCUT2D eigenvalue weighted by Gasteiger charge is 2.32. The van der Waals surface area contributed by atoms with Gasteiger partial charge in [0.2, 0.25) is 11.8 Å². The van der Waals surface area contributed by atoms with Crippen LogP contribution in [0.3, 0.4) is 0 Å². The SMILES string of the molecule is NC(=O)CCNC(=O)C1CCCN(C2CCN(c3nc4ccccc4o3)CC2)C1. The third-order valence-electron chi connectivity index (χ3n) is 6.03. The molecule has 156 valence electrons. The average molecular weight is 399 g/mol. The van der Waals surface area contributed by atoms with Crippen LogP contribution < -0.4 is 16.0 Å². The van der Waals surface area contributed by atoms with Gasteiger partial charge in [-0.15, -0.1) is 0 Å². The zero-order valence-electron chi connectivity index (χ0n) is 16.7. The molecule has 0 saturated carbocycles. The van der Waals surface area contributed by atoms with Crippen LogP contribution >= 0.6 is 0 Å². The number of para-hydroxylation sites is 2. The number of benzene rings is 1. The van der Waals surface area contributed by atoms with Crippen LogP contribution in [0, 0.1) is 5.92 Å². The number of amides is 2. The minimum absolute atomic E-state index is 0.00769. The zero-order valence-corrected chi connectivity index (χ0v) is 16.7. The maximum absolute atomic E-state index is 12.4. The summed E-state index contributed by atoms with van der Waals surface area (Å²) in [4.78, 5) is 32.5. The Morgan fingerprint density at radius 2 is 1.97 bits per heavy atom. The number of fused-ring (bicyclic) bond motifs is 1. The Morgan fingerprint density at radius 3 is 2.72 bits per heavy atom. The van der Waals surface area contributed by atoms with Crippen LogP contribution in [-0.4, -0.2) is 60.5 Å². The van der Waals surface area contributed by atoms with Gasteiger partial charge in [-0.05, 0) is 44.4 Å². The first-order valence-corrected chi connectivity index (χ1v) is 10.5. The van der Waals surface area contributed by atoms with Gasteiger partial charge in [0.25, 0.3) is 6.01 Å². The molecule has 2 aliphatic rings. The molecule has 2 aromatic rings. The fourth-order valence-corrected chi connectivity index (χ4v) is 4.42. The number of nitrogens with two attached hydrogens (primary N) is 1. The number of nitrogens with zero attached hydrogens (tertiary/aromatic N) is 3. The van der Waals surface area contributed by atoms with Gasteiger partial charge in [-0.1, -0.05) is 12.1 Å². The van der Waals surface area contributed by atoms with E-state index < -0.39 is 0 Å². The molecule has 4 rings (SSSR count). The second-order valence-electron chi connectivity index (χ2n) is 8.02. The van der Waals surface area contributed by atoms with E-state index in [-0.39, 0.29) is 24.2 Å². The van der Waals surface area contributed by atoms with Crippen molar-refractivity contribution in [3.8, 4) is 0 Å². The Bertz CT molecular complexity index is 826. The molecule has 29 heavy (non-hydrogen) atoms. The molecule has 1 atom stereocenters. The summed E-state index contributed by atoms with van der Waals surface area (Å²) in [6.45, 7) is 3.97. The van der Waals surface area contributed by atoms with Crippen LogP contribution in [0.25, 0.3) is 11.1 Å². The van der Waals surface area contributed by atoms with E-state index in [0.29, 0.717) is 18.6 Å². The molecule has 0 radical (unpaired) electrons. The first-order valence-electron chi connectivity index (χ1n) is 10.5. The zero-order chi connectivity index (χ0) is 20.2. The molecule has 1 aromatic carbocycles. The summed E-state index contributed by atoms with van der Waals surface area (Å²) in [6, 6.07) is 9.03. The van der Waals surface area contributed by atoms with Crippen molar-refractivity contribution in [3.63, 3.8) is 0 Å². The van der Waals surface area contributed by atoms with Gasteiger partial charge in [0.15, 0.2) is 5.58 Å². The van der Waals surface area contributed by atoms with E-state index >= 15 is 0 Å². The molecule has 3 heterocycles. The predicted molar refractivity (Wildman–Crippen MR) is 110 cm³/mol. The number of hydrogen-bond donors (Lipinski definition) is 2. The third-order valence-corrected chi connectivity index (χ3v) is 6.03. The molecule has 1 unspecified atom stereocenters. The van der Waals surface area contributed by atoms with Crippen LogP contribution in [0.15, 0.2) is 28.7 Å². The number of anilines is 1.